The van der Waals surface area contributed by atoms with E-state index in [-0.39, 0.29) is 46.5 Å². The van der Waals surface area contributed by atoms with E-state index in [1.54, 1.807) is 6.92 Å². The van der Waals surface area contributed by atoms with Gasteiger partial charge in [-0.15, -0.1) is 11.8 Å². The van der Waals surface area contributed by atoms with Gasteiger partial charge in [-0.05, 0) is 11.5 Å². The van der Waals surface area contributed by atoms with Crippen LogP contribution in [0.3, 0.4) is 0 Å². The summed E-state index contributed by atoms with van der Waals surface area (Å²) in [5.74, 6) is -1.02. The molecule has 0 saturated carbocycles. The molecule has 1 fully saturated rings. The number of rotatable bonds is 2. The normalized spacial score (nSPS) is 22.7. The largest absolute Gasteiger partial charge is 1.00 e. The first-order valence-corrected chi connectivity index (χ1v) is 5.94. The predicted octanol–water partition coefficient (Wildman–Crippen LogP) is -3.73. The van der Waals surface area contributed by atoms with E-state index in [9.17, 15) is 14.7 Å². The Morgan fingerprint density at radius 3 is 2.95 bits per heavy atom. The van der Waals surface area contributed by atoms with Crippen LogP contribution < -0.4 is 34.7 Å². The molecule has 0 N–H and O–H groups in total. The number of carboxylic acid groups (broad SMARTS) is 1. The molecule has 0 unspecified atom stereocenters. The second-order valence-electron chi connectivity index (χ2n) is 3.73. The second kappa shape index (κ2) is 5.12. The zero-order valence-electron chi connectivity index (χ0n) is 10.1. The van der Waals surface area contributed by atoms with Crippen LogP contribution in [0.4, 0.5) is 0 Å². The molecule has 0 aliphatic carbocycles. The predicted molar refractivity (Wildman–Crippen MR) is 58.3 cm³/mol. The van der Waals surface area contributed by atoms with Crippen molar-refractivity contribution in [2.75, 3.05) is 0 Å². The number of aliphatic carboxylic acids is 1. The van der Waals surface area contributed by atoms with Crippen molar-refractivity contribution in [1.29, 1.82) is 0 Å². The minimum absolute atomic E-state index is 0. The first kappa shape index (κ1) is 14.3. The van der Waals surface area contributed by atoms with E-state index in [1.165, 1.54) is 28.1 Å². The van der Waals surface area contributed by atoms with E-state index in [0.29, 0.717) is 17.3 Å². The summed E-state index contributed by atoms with van der Waals surface area (Å²) in [7, 11) is 0. The zero-order valence-corrected chi connectivity index (χ0v) is 12.9. The van der Waals surface area contributed by atoms with E-state index >= 15 is 0 Å². The van der Waals surface area contributed by atoms with E-state index < -0.39 is 5.97 Å². The number of nitrogens with zero attached hydrogens (tertiary/aromatic N) is 3. The number of fused-ring (bicyclic) bond motifs is 1. The van der Waals surface area contributed by atoms with Gasteiger partial charge < -0.3 is 14.4 Å². The van der Waals surface area contributed by atoms with Crippen LogP contribution in [0.15, 0.2) is 21.2 Å². The smallest absolute Gasteiger partial charge is 0.543 e. The van der Waals surface area contributed by atoms with Gasteiger partial charge in [0.1, 0.15) is 5.37 Å². The molecule has 7 nitrogen and oxygen atoms in total. The van der Waals surface area contributed by atoms with Crippen molar-refractivity contribution in [3.8, 4) is 0 Å². The third-order valence-corrected chi connectivity index (χ3v) is 3.65. The van der Waals surface area contributed by atoms with Gasteiger partial charge in [0.15, 0.2) is 5.82 Å². The van der Waals surface area contributed by atoms with Crippen LogP contribution in [-0.4, -0.2) is 32.3 Å². The van der Waals surface area contributed by atoms with Crippen molar-refractivity contribution >= 4 is 29.7 Å². The molecular weight excluding hydrogens is 281 g/mol. The molecule has 1 aromatic heterocycles. The first-order valence-electron chi connectivity index (χ1n) is 5.00. The summed E-state index contributed by atoms with van der Waals surface area (Å²) >= 11 is 1.23. The van der Waals surface area contributed by atoms with Gasteiger partial charge in [0.05, 0.1) is 17.2 Å². The minimum Gasteiger partial charge on any atom is -0.543 e. The Bertz CT molecular complexity index is 624. The summed E-state index contributed by atoms with van der Waals surface area (Å²) in [4.78, 5) is 27.7. The molecule has 1 amide bonds. The fraction of sp³-hybridized carbons (Fsp3) is 0.200. The van der Waals surface area contributed by atoms with Gasteiger partial charge in [-0.25, -0.2) is 0 Å². The van der Waals surface area contributed by atoms with E-state index in [4.69, 9.17) is 4.52 Å². The molecule has 19 heavy (non-hydrogen) atoms. The number of amides is 1. The standard InChI is InChI=1S/C10H7N3O4S.Na/c1-4-11-7(12-17-4)2-5-8(14)13-6(10(15)16)3-18-9(5)13;/h2-3,9H,1H3,(H,15,16);/q;+1/p-1/b5-2+;/t9-;/m1./s1. The summed E-state index contributed by atoms with van der Waals surface area (Å²) < 4.78 is 4.79. The van der Waals surface area contributed by atoms with Gasteiger partial charge >= 0.3 is 29.6 Å². The second-order valence-corrected chi connectivity index (χ2v) is 4.68. The molecule has 0 spiro atoms. The number of aromatic nitrogens is 2. The van der Waals surface area contributed by atoms with Crippen molar-refractivity contribution in [2.45, 2.75) is 12.3 Å². The van der Waals surface area contributed by atoms with Crippen LogP contribution in [0, 0.1) is 6.92 Å². The molecule has 1 aromatic rings. The Morgan fingerprint density at radius 1 is 1.63 bits per heavy atom. The Balaban J connectivity index is 0.00000133. The summed E-state index contributed by atoms with van der Waals surface area (Å²) in [5, 5.41) is 15.5. The average Bonchev–Trinajstić information content (AvgIpc) is 2.89. The summed E-state index contributed by atoms with van der Waals surface area (Å²) in [5.41, 5.74) is 0.352. The quantitative estimate of drug-likeness (QED) is 0.313. The van der Waals surface area contributed by atoms with Crippen molar-refractivity contribution in [2.24, 2.45) is 0 Å². The van der Waals surface area contributed by atoms with Crippen molar-refractivity contribution in [3.05, 3.63) is 28.4 Å². The summed E-state index contributed by atoms with van der Waals surface area (Å²) in [6.07, 6.45) is 1.50. The van der Waals surface area contributed by atoms with Crippen LogP contribution in [0.1, 0.15) is 11.7 Å². The summed E-state index contributed by atoms with van der Waals surface area (Å²) in [6, 6.07) is 0. The van der Waals surface area contributed by atoms with Crippen molar-refractivity contribution in [1.82, 2.24) is 15.0 Å². The SMILES string of the molecule is Cc1nc(/C=C2\C(=O)N3C(C(=O)[O-])=CS[C@H]23)no1.[Na+]. The molecule has 0 radical (unpaired) electrons. The van der Waals surface area contributed by atoms with E-state index in [1.807, 2.05) is 0 Å². The molecule has 2 aliphatic heterocycles. The van der Waals surface area contributed by atoms with Gasteiger partial charge in [-0.3, -0.25) is 9.69 Å². The molecule has 0 bridgehead atoms. The molecule has 3 heterocycles. The molecule has 1 atom stereocenters. The minimum atomic E-state index is -1.35. The third kappa shape index (κ3) is 2.25. The van der Waals surface area contributed by atoms with Gasteiger partial charge in [-0.1, -0.05) is 5.16 Å². The van der Waals surface area contributed by atoms with Crippen LogP contribution in [0.25, 0.3) is 6.08 Å². The van der Waals surface area contributed by atoms with E-state index in [0.717, 1.165) is 0 Å². The van der Waals surface area contributed by atoms with Gasteiger partial charge in [0, 0.05) is 6.92 Å². The number of hydrogen-bond acceptors (Lipinski definition) is 7. The van der Waals surface area contributed by atoms with Gasteiger partial charge in [0.2, 0.25) is 5.89 Å². The van der Waals surface area contributed by atoms with Crippen LogP contribution in [0.2, 0.25) is 0 Å². The Morgan fingerprint density at radius 2 is 2.37 bits per heavy atom. The molecule has 0 aromatic carbocycles. The maximum atomic E-state index is 11.8. The summed E-state index contributed by atoms with van der Waals surface area (Å²) in [6.45, 7) is 1.64. The fourth-order valence-corrected chi connectivity index (χ4v) is 2.89. The Labute approximate surface area is 134 Å². The van der Waals surface area contributed by atoms with E-state index in [2.05, 4.69) is 10.1 Å². The van der Waals surface area contributed by atoms with Gasteiger partial charge in [-0.2, -0.15) is 4.98 Å². The number of carbonyl (C=O) groups is 2. The molecule has 92 valence electrons. The monoisotopic (exact) mass is 287 g/mol. The Kier molecular flexibility index (Phi) is 3.86. The number of thioether (sulfide) groups is 1. The molecule has 1 saturated heterocycles. The van der Waals surface area contributed by atoms with Crippen LogP contribution in [0.5, 0.6) is 0 Å². The van der Waals surface area contributed by atoms with Crippen LogP contribution >= 0.6 is 11.8 Å². The third-order valence-electron chi connectivity index (χ3n) is 2.57. The number of β-lactam (4-membered cyclic amide) rings is 1. The molecule has 9 heteroatoms. The molecule has 2 aliphatic rings. The van der Waals surface area contributed by atoms with Crippen molar-refractivity contribution in [3.63, 3.8) is 0 Å². The number of carboxylic acids is 1. The van der Waals surface area contributed by atoms with Gasteiger partial charge in [0.25, 0.3) is 5.91 Å². The maximum absolute atomic E-state index is 11.8. The average molecular weight is 287 g/mol. The van der Waals surface area contributed by atoms with Crippen molar-refractivity contribution < 1.29 is 48.8 Å². The fourth-order valence-electron chi connectivity index (χ4n) is 1.77. The topological polar surface area (TPSA) is 99.4 Å². The first-order chi connectivity index (χ1) is 8.58. The Hall–Kier alpha value is -1.09. The zero-order chi connectivity index (χ0) is 12.9. The van der Waals surface area contributed by atoms with Crippen LogP contribution in [-0.2, 0) is 9.59 Å². The molecular formula is C10H6N3NaO4S. The number of aryl methyl sites for hydroxylation is 1. The molecule has 3 rings (SSSR count). The number of carbonyl (C=O) groups excluding carboxylic acids is 2. The maximum Gasteiger partial charge on any atom is 1.00 e. The number of hydrogen-bond donors (Lipinski definition) is 0.